The zero-order valence-corrected chi connectivity index (χ0v) is 11.7. The van der Waals surface area contributed by atoms with E-state index in [4.69, 9.17) is 9.84 Å². The van der Waals surface area contributed by atoms with Crippen LogP contribution in [-0.2, 0) is 17.8 Å². The third-order valence-electron chi connectivity index (χ3n) is 3.85. The molecule has 1 aromatic carbocycles. The van der Waals surface area contributed by atoms with Crippen molar-refractivity contribution in [2.24, 2.45) is 0 Å². The average Bonchev–Trinajstić information content (AvgIpc) is 2.53. The van der Waals surface area contributed by atoms with E-state index in [0.717, 1.165) is 19.3 Å². The van der Waals surface area contributed by atoms with Gasteiger partial charge in [-0.15, -0.1) is 0 Å². The number of ether oxygens (including phenoxy) is 1. The number of nitrogens with zero attached hydrogens (tertiary/aromatic N) is 1. The molecule has 1 aliphatic rings. The van der Waals surface area contributed by atoms with Crippen LogP contribution in [0.4, 0.5) is 0 Å². The molecule has 3 rings (SSSR count). The van der Waals surface area contributed by atoms with Gasteiger partial charge in [0, 0.05) is 11.8 Å². The van der Waals surface area contributed by atoms with Gasteiger partial charge in [-0.2, -0.15) is 0 Å². The normalized spacial score (nSPS) is 17.2. The molecule has 1 aliphatic carbocycles. The number of aromatic carboxylic acids is 1. The molecule has 0 saturated heterocycles. The van der Waals surface area contributed by atoms with Gasteiger partial charge >= 0.3 is 5.97 Å². The maximum absolute atomic E-state index is 11.2. The lowest BCUT2D eigenvalue weighted by Gasteiger charge is -2.25. The number of benzene rings is 1. The topological polar surface area (TPSA) is 59.4 Å². The monoisotopic (exact) mass is 283 g/mol. The first-order valence-electron chi connectivity index (χ1n) is 7.12. The minimum atomic E-state index is -1.02. The molecule has 0 radical (unpaired) electrons. The fraction of sp³-hybridized carbons (Fsp3) is 0.294. The molecule has 21 heavy (non-hydrogen) atoms. The molecule has 0 fully saturated rings. The zero-order valence-electron chi connectivity index (χ0n) is 11.7. The molecule has 4 heteroatoms. The molecule has 0 saturated carbocycles. The molecule has 1 atom stereocenters. The van der Waals surface area contributed by atoms with Gasteiger partial charge < -0.3 is 9.84 Å². The maximum Gasteiger partial charge on any atom is 0.354 e. The van der Waals surface area contributed by atoms with Crippen LogP contribution in [0.2, 0.25) is 0 Å². The minimum absolute atomic E-state index is 0.0387. The molecule has 1 heterocycles. The van der Waals surface area contributed by atoms with E-state index in [1.807, 2.05) is 12.1 Å². The Labute approximate surface area is 123 Å². The van der Waals surface area contributed by atoms with E-state index in [1.165, 1.54) is 17.3 Å². The van der Waals surface area contributed by atoms with Gasteiger partial charge in [0.15, 0.2) is 5.69 Å². The summed E-state index contributed by atoms with van der Waals surface area (Å²) in [7, 11) is 0. The molecule has 0 aliphatic heterocycles. The van der Waals surface area contributed by atoms with E-state index >= 15 is 0 Å². The Kier molecular flexibility index (Phi) is 3.97. The predicted octanol–water partition coefficient (Wildman–Crippen LogP) is 3.37. The molecule has 0 amide bonds. The number of rotatable bonds is 4. The minimum Gasteiger partial charge on any atom is -0.477 e. The number of aryl methyl sites for hydroxylation is 1. The van der Waals surface area contributed by atoms with Crippen molar-refractivity contribution in [3.63, 3.8) is 0 Å². The van der Waals surface area contributed by atoms with Crippen molar-refractivity contribution in [1.82, 2.24) is 4.98 Å². The molecule has 4 nitrogen and oxygen atoms in total. The lowest BCUT2D eigenvalue weighted by atomic mass is 9.89. The lowest BCUT2D eigenvalue weighted by Crippen LogP contribution is -2.14. The summed E-state index contributed by atoms with van der Waals surface area (Å²) in [5, 5.41) is 9.14. The number of hydrogen-bond acceptors (Lipinski definition) is 3. The standard InChI is InChI=1S/C17H17NO3/c19-17(20)16-13(7-4-10-18-16)11-21-15-9-3-6-12-5-1-2-8-14(12)15/h1-2,4-5,7-8,10,15H,3,6,9,11H2,(H,19,20). The van der Waals surface area contributed by atoms with Crippen LogP contribution in [0.3, 0.4) is 0 Å². The van der Waals surface area contributed by atoms with Gasteiger partial charge in [0.1, 0.15) is 0 Å². The van der Waals surface area contributed by atoms with Gasteiger partial charge in [-0.1, -0.05) is 30.3 Å². The highest BCUT2D eigenvalue weighted by Gasteiger charge is 2.21. The quantitative estimate of drug-likeness (QED) is 0.934. The summed E-state index contributed by atoms with van der Waals surface area (Å²) in [5.41, 5.74) is 3.25. The van der Waals surface area contributed by atoms with Crippen LogP contribution in [0.1, 0.15) is 46.1 Å². The zero-order chi connectivity index (χ0) is 14.7. The summed E-state index contributed by atoms with van der Waals surface area (Å²) in [6.07, 6.45) is 4.68. The summed E-state index contributed by atoms with van der Waals surface area (Å²) in [4.78, 5) is 15.1. The second kappa shape index (κ2) is 6.06. The van der Waals surface area contributed by atoms with E-state index in [-0.39, 0.29) is 18.4 Å². The fourth-order valence-corrected chi connectivity index (χ4v) is 2.82. The highest BCUT2D eigenvalue weighted by atomic mass is 16.5. The summed E-state index contributed by atoms with van der Waals surface area (Å²) in [6, 6.07) is 11.8. The van der Waals surface area contributed by atoms with Crippen LogP contribution in [0.15, 0.2) is 42.6 Å². The summed E-state index contributed by atoms with van der Waals surface area (Å²) in [5.74, 6) is -1.02. The van der Waals surface area contributed by atoms with Gasteiger partial charge in [-0.3, -0.25) is 0 Å². The Balaban J connectivity index is 1.76. The van der Waals surface area contributed by atoms with Crippen LogP contribution < -0.4 is 0 Å². The number of carboxylic acid groups (broad SMARTS) is 1. The Bertz CT molecular complexity index is 654. The highest BCUT2D eigenvalue weighted by Crippen LogP contribution is 2.33. The van der Waals surface area contributed by atoms with E-state index < -0.39 is 5.97 Å². The molecular weight excluding hydrogens is 266 g/mol. The highest BCUT2D eigenvalue weighted by molar-refractivity contribution is 5.86. The average molecular weight is 283 g/mol. The van der Waals surface area contributed by atoms with Crippen LogP contribution in [0.5, 0.6) is 0 Å². The predicted molar refractivity (Wildman–Crippen MR) is 78.1 cm³/mol. The first kappa shape index (κ1) is 13.8. The summed E-state index contributed by atoms with van der Waals surface area (Å²) >= 11 is 0. The van der Waals surface area contributed by atoms with E-state index in [0.29, 0.717) is 5.56 Å². The second-order valence-corrected chi connectivity index (χ2v) is 5.21. The number of aromatic nitrogens is 1. The van der Waals surface area contributed by atoms with Gasteiger partial charge in [0.25, 0.3) is 0 Å². The van der Waals surface area contributed by atoms with Crippen molar-refractivity contribution in [1.29, 1.82) is 0 Å². The molecule has 108 valence electrons. The lowest BCUT2D eigenvalue weighted by molar-refractivity contribution is 0.0271. The fourth-order valence-electron chi connectivity index (χ4n) is 2.82. The van der Waals surface area contributed by atoms with Crippen molar-refractivity contribution in [2.75, 3.05) is 0 Å². The number of carboxylic acids is 1. The molecular formula is C17H17NO3. The Morgan fingerprint density at radius 3 is 3.00 bits per heavy atom. The molecule has 0 spiro atoms. The summed E-state index contributed by atoms with van der Waals surface area (Å²) < 4.78 is 5.98. The van der Waals surface area contributed by atoms with Crippen molar-refractivity contribution < 1.29 is 14.6 Å². The number of carbonyl (C=O) groups is 1. The van der Waals surface area contributed by atoms with Gasteiger partial charge in [-0.05, 0) is 36.5 Å². The van der Waals surface area contributed by atoms with Crippen LogP contribution in [0.25, 0.3) is 0 Å². The number of pyridine rings is 1. The smallest absolute Gasteiger partial charge is 0.354 e. The Morgan fingerprint density at radius 1 is 1.29 bits per heavy atom. The van der Waals surface area contributed by atoms with Gasteiger partial charge in [0.05, 0.1) is 12.7 Å². The number of fused-ring (bicyclic) bond motifs is 1. The molecule has 1 unspecified atom stereocenters. The first-order chi connectivity index (χ1) is 10.3. The van der Waals surface area contributed by atoms with Crippen molar-refractivity contribution in [2.45, 2.75) is 32.0 Å². The number of hydrogen-bond donors (Lipinski definition) is 1. The molecule has 2 aromatic rings. The van der Waals surface area contributed by atoms with Gasteiger partial charge in [0.2, 0.25) is 0 Å². The Morgan fingerprint density at radius 2 is 2.14 bits per heavy atom. The molecule has 0 bridgehead atoms. The Hall–Kier alpha value is -2.20. The SMILES string of the molecule is O=C(O)c1ncccc1COC1CCCc2ccccc21. The second-order valence-electron chi connectivity index (χ2n) is 5.21. The van der Waals surface area contributed by atoms with Crippen LogP contribution in [0, 0.1) is 0 Å². The van der Waals surface area contributed by atoms with Crippen LogP contribution >= 0.6 is 0 Å². The van der Waals surface area contributed by atoms with Crippen molar-refractivity contribution in [3.8, 4) is 0 Å². The third-order valence-corrected chi connectivity index (χ3v) is 3.85. The van der Waals surface area contributed by atoms with E-state index in [1.54, 1.807) is 12.1 Å². The molecule has 1 aromatic heterocycles. The van der Waals surface area contributed by atoms with Crippen molar-refractivity contribution >= 4 is 5.97 Å². The van der Waals surface area contributed by atoms with Crippen molar-refractivity contribution in [3.05, 3.63) is 65.0 Å². The van der Waals surface area contributed by atoms with E-state index in [2.05, 4.69) is 17.1 Å². The maximum atomic E-state index is 11.2. The third kappa shape index (κ3) is 2.95. The largest absolute Gasteiger partial charge is 0.477 e. The first-order valence-corrected chi connectivity index (χ1v) is 7.12. The molecule has 1 N–H and O–H groups in total. The van der Waals surface area contributed by atoms with Crippen LogP contribution in [-0.4, -0.2) is 16.1 Å². The summed E-state index contributed by atoms with van der Waals surface area (Å²) in [6.45, 7) is 0.272. The van der Waals surface area contributed by atoms with E-state index in [9.17, 15) is 4.79 Å². The van der Waals surface area contributed by atoms with Gasteiger partial charge in [-0.25, -0.2) is 9.78 Å².